The fraction of sp³-hybridized carbons (Fsp3) is 0.300. The van der Waals surface area contributed by atoms with Crippen molar-refractivity contribution >= 4 is 23.1 Å². The summed E-state index contributed by atoms with van der Waals surface area (Å²) in [5.74, 6) is 2.57. The van der Waals surface area contributed by atoms with Crippen LogP contribution in [0.3, 0.4) is 0 Å². The summed E-state index contributed by atoms with van der Waals surface area (Å²) < 4.78 is 5.68. The molecule has 0 aromatic carbocycles. The van der Waals surface area contributed by atoms with Gasteiger partial charge in [-0.2, -0.15) is 5.10 Å². The zero-order valence-electron chi connectivity index (χ0n) is 16.2. The van der Waals surface area contributed by atoms with Crippen molar-refractivity contribution in [1.82, 2.24) is 20.2 Å². The molecule has 0 spiro atoms. The van der Waals surface area contributed by atoms with Gasteiger partial charge in [-0.3, -0.25) is 10.1 Å². The molecule has 28 heavy (non-hydrogen) atoms. The van der Waals surface area contributed by atoms with Crippen molar-refractivity contribution in [2.75, 3.05) is 23.8 Å². The number of anilines is 3. The number of nitrogens with zero attached hydrogens (tertiary/aromatic N) is 4. The molecule has 3 aromatic heterocycles. The first-order valence-electron chi connectivity index (χ1n) is 9.08. The number of aryl methyl sites for hydroxylation is 3. The first-order chi connectivity index (χ1) is 13.6. The van der Waals surface area contributed by atoms with Gasteiger partial charge in [0.2, 0.25) is 5.69 Å². The Kier molecular flexibility index (Phi) is 6.07. The van der Waals surface area contributed by atoms with Crippen molar-refractivity contribution in [2.45, 2.75) is 27.2 Å². The molecule has 0 radical (unpaired) electrons. The van der Waals surface area contributed by atoms with Gasteiger partial charge in [0.05, 0.1) is 12.8 Å². The lowest BCUT2D eigenvalue weighted by molar-refractivity contribution is 0.331. The maximum Gasteiger partial charge on any atom is 0.231 e. The summed E-state index contributed by atoms with van der Waals surface area (Å²) in [6.45, 7) is 14.3. The van der Waals surface area contributed by atoms with Gasteiger partial charge < -0.3 is 15.4 Å². The van der Waals surface area contributed by atoms with Gasteiger partial charge in [-0.25, -0.2) is 9.83 Å². The topological polar surface area (TPSA) is 92.1 Å². The van der Waals surface area contributed by atoms with Gasteiger partial charge >= 0.3 is 0 Å². The van der Waals surface area contributed by atoms with Crippen LogP contribution in [0.1, 0.15) is 23.9 Å². The molecular weight excluding hydrogens is 354 g/mol. The van der Waals surface area contributed by atoms with E-state index in [0.29, 0.717) is 42.0 Å². The second kappa shape index (κ2) is 8.86. The van der Waals surface area contributed by atoms with Gasteiger partial charge in [0.1, 0.15) is 24.0 Å². The van der Waals surface area contributed by atoms with E-state index in [1.165, 1.54) is 0 Å². The molecule has 8 heteroatoms. The molecule has 0 fully saturated rings. The predicted molar refractivity (Wildman–Crippen MR) is 109 cm³/mol. The second-order valence-electron chi connectivity index (χ2n) is 6.30. The summed E-state index contributed by atoms with van der Waals surface area (Å²) >= 11 is 0. The monoisotopic (exact) mass is 377 g/mol. The zero-order valence-corrected chi connectivity index (χ0v) is 16.2. The second-order valence-corrected chi connectivity index (χ2v) is 6.30. The van der Waals surface area contributed by atoms with Crippen LogP contribution in [-0.4, -0.2) is 33.3 Å². The van der Waals surface area contributed by atoms with Crippen LogP contribution in [0.2, 0.25) is 0 Å². The van der Waals surface area contributed by atoms with E-state index >= 15 is 0 Å². The van der Waals surface area contributed by atoms with Gasteiger partial charge in [0, 0.05) is 24.0 Å². The van der Waals surface area contributed by atoms with Crippen molar-refractivity contribution in [1.29, 1.82) is 0 Å². The number of aromatic amines is 1. The third kappa shape index (κ3) is 4.76. The van der Waals surface area contributed by atoms with E-state index in [0.717, 1.165) is 23.4 Å². The first-order valence-corrected chi connectivity index (χ1v) is 9.08. The van der Waals surface area contributed by atoms with Gasteiger partial charge in [0.25, 0.3) is 0 Å². The smallest absolute Gasteiger partial charge is 0.231 e. The van der Waals surface area contributed by atoms with E-state index in [4.69, 9.17) is 11.3 Å². The lowest BCUT2D eigenvalue weighted by Gasteiger charge is -2.14. The summed E-state index contributed by atoms with van der Waals surface area (Å²) in [5.41, 5.74) is 3.35. The van der Waals surface area contributed by atoms with E-state index in [1.54, 1.807) is 6.20 Å². The number of hydrogen-bond donors (Lipinski definition) is 3. The Balaban J connectivity index is 1.69. The zero-order chi connectivity index (χ0) is 19.9. The molecule has 144 valence electrons. The summed E-state index contributed by atoms with van der Waals surface area (Å²) in [6, 6.07) is 7.57. The number of pyridine rings is 2. The third-order valence-corrected chi connectivity index (χ3v) is 4.07. The lowest BCUT2D eigenvalue weighted by Crippen LogP contribution is -2.13. The van der Waals surface area contributed by atoms with Crippen LogP contribution in [0, 0.1) is 20.4 Å². The Morgan fingerprint density at radius 1 is 1.21 bits per heavy atom. The molecule has 0 saturated heterocycles. The van der Waals surface area contributed by atoms with Crippen LogP contribution in [0.15, 0.2) is 30.5 Å². The number of H-pyrrole nitrogens is 1. The maximum atomic E-state index is 7.53. The van der Waals surface area contributed by atoms with Crippen molar-refractivity contribution < 1.29 is 4.74 Å². The summed E-state index contributed by atoms with van der Waals surface area (Å²) in [4.78, 5) is 12.4. The number of ether oxygens (including phenoxy) is 1. The van der Waals surface area contributed by atoms with E-state index in [9.17, 15) is 0 Å². The van der Waals surface area contributed by atoms with Crippen LogP contribution in [-0.2, 0) is 6.42 Å². The molecule has 0 atom stereocenters. The first kappa shape index (κ1) is 19.2. The van der Waals surface area contributed by atoms with E-state index in [-0.39, 0.29) is 0 Å². The molecule has 3 rings (SSSR count). The minimum absolute atomic E-state index is 0.432. The standard InChI is InChI=1S/C20H23N7O/c1-5-15-11-17(24-18-10-14(3)26-27-18)25-20(19(15)21-4)22-8-9-28-16-7-6-13(2)23-12-16/h6-7,10-12H,5,8-9H2,1-3H3,(H3,22,24,25,26,27). The molecule has 0 bridgehead atoms. The predicted octanol–water partition coefficient (Wildman–Crippen LogP) is 4.16. The summed E-state index contributed by atoms with van der Waals surface area (Å²) in [5, 5.41) is 13.5. The van der Waals surface area contributed by atoms with Crippen molar-refractivity contribution in [3.63, 3.8) is 0 Å². The summed E-state index contributed by atoms with van der Waals surface area (Å²) in [6.07, 6.45) is 2.43. The Bertz CT molecular complexity index is 973. The van der Waals surface area contributed by atoms with Crippen LogP contribution in [0.25, 0.3) is 4.85 Å². The Labute approximate surface area is 164 Å². The number of rotatable bonds is 8. The average molecular weight is 377 g/mol. The Hall–Kier alpha value is -3.60. The highest BCUT2D eigenvalue weighted by atomic mass is 16.5. The highest BCUT2D eigenvalue weighted by Gasteiger charge is 2.13. The third-order valence-electron chi connectivity index (χ3n) is 4.07. The molecule has 0 saturated carbocycles. The summed E-state index contributed by atoms with van der Waals surface area (Å²) in [7, 11) is 0. The van der Waals surface area contributed by atoms with Gasteiger partial charge in [-0.05, 0) is 44.0 Å². The molecule has 0 aliphatic heterocycles. The molecule has 3 heterocycles. The fourth-order valence-corrected chi connectivity index (χ4v) is 2.66. The lowest BCUT2D eigenvalue weighted by atomic mass is 10.1. The quantitative estimate of drug-likeness (QED) is 0.403. The molecule has 0 amide bonds. The number of hydrogen-bond acceptors (Lipinski definition) is 6. The van der Waals surface area contributed by atoms with Crippen LogP contribution in [0.4, 0.5) is 23.1 Å². The molecule has 0 unspecified atom stereocenters. The molecule has 0 aliphatic rings. The van der Waals surface area contributed by atoms with Crippen LogP contribution >= 0.6 is 0 Å². The SMILES string of the molecule is [C-]#[N+]c1c(CC)cc(Nc2cc(C)[nH]n2)nc1NCCOc1ccc(C)nc1. The number of nitrogens with one attached hydrogen (secondary N) is 3. The van der Waals surface area contributed by atoms with Crippen molar-refractivity contribution in [3.8, 4) is 5.75 Å². The minimum atomic E-state index is 0.432. The highest BCUT2D eigenvalue weighted by molar-refractivity contribution is 5.73. The molecular formula is C20H23N7O. The average Bonchev–Trinajstić information content (AvgIpc) is 3.10. The molecule has 3 N–H and O–H groups in total. The van der Waals surface area contributed by atoms with E-state index < -0.39 is 0 Å². The van der Waals surface area contributed by atoms with E-state index in [1.807, 2.05) is 45.0 Å². The van der Waals surface area contributed by atoms with Crippen molar-refractivity contribution in [3.05, 3.63) is 58.8 Å². The Morgan fingerprint density at radius 3 is 2.71 bits per heavy atom. The van der Waals surface area contributed by atoms with Gasteiger partial charge in [-0.15, -0.1) is 0 Å². The number of aromatic nitrogens is 4. The van der Waals surface area contributed by atoms with Crippen LogP contribution in [0.5, 0.6) is 5.75 Å². The van der Waals surface area contributed by atoms with Crippen LogP contribution < -0.4 is 15.4 Å². The Morgan fingerprint density at radius 2 is 2.07 bits per heavy atom. The normalized spacial score (nSPS) is 10.4. The molecule has 3 aromatic rings. The highest BCUT2D eigenvalue weighted by Crippen LogP contribution is 2.31. The minimum Gasteiger partial charge on any atom is -0.490 e. The molecule has 0 aliphatic carbocycles. The fourth-order valence-electron chi connectivity index (χ4n) is 2.66. The van der Waals surface area contributed by atoms with Gasteiger partial charge in [0.15, 0.2) is 5.82 Å². The van der Waals surface area contributed by atoms with Crippen molar-refractivity contribution in [2.24, 2.45) is 0 Å². The largest absolute Gasteiger partial charge is 0.490 e. The molecule has 8 nitrogen and oxygen atoms in total. The van der Waals surface area contributed by atoms with Gasteiger partial charge in [-0.1, -0.05) is 6.92 Å². The van der Waals surface area contributed by atoms with E-state index in [2.05, 4.69) is 35.6 Å². The maximum absolute atomic E-state index is 7.53.